The monoisotopic (exact) mass is 301 g/mol. The molecule has 0 spiro atoms. The Hall–Kier alpha value is -1.88. The Morgan fingerprint density at radius 2 is 2.32 bits per heavy atom. The van der Waals surface area contributed by atoms with Crippen molar-refractivity contribution in [1.29, 1.82) is 0 Å². The largest absolute Gasteiger partial charge is 0.376 e. The molecule has 1 aliphatic heterocycles. The molecule has 0 N–H and O–H groups in total. The van der Waals surface area contributed by atoms with Gasteiger partial charge < -0.3 is 9.64 Å². The van der Waals surface area contributed by atoms with E-state index in [2.05, 4.69) is 12.0 Å². The number of aromatic nitrogens is 2. The number of carbonyl (C=O) groups excluding carboxylic acids is 1. The van der Waals surface area contributed by atoms with Crippen LogP contribution in [0.1, 0.15) is 42.1 Å². The van der Waals surface area contributed by atoms with E-state index in [0.29, 0.717) is 12.1 Å². The van der Waals surface area contributed by atoms with Gasteiger partial charge in [-0.3, -0.25) is 4.79 Å². The number of hydrogen-bond donors (Lipinski definition) is 0. The molecule has 118 valence electrons. The average Bonchev–Trinajstić information content (AvgIpc) is 2.95. The molecule has 22 heavy (non-hydrogen) atoms. The highest BCUT2D eigenvalue weighted by molar-refractivity contribution is 6.00. The highest BCUT2D eigenvalue weighted by atomic mass is 16.5. The van der Waals surface area contributed by atoms with E-state index in [1.165, 1.54) is 0 Å². The van der Waals surface area contributed by atoms with Gasteiger partial charge in [0, 0.05) is 25.9 Å². The molecule has 0 aromatic carbocycles. The molecule has 1 aliphatic rings. The number of piperidine rings is 1. The van der Waals surface area contributed by atoms with Crippen molar-refractivity contribution in [2.45, 2.75) is 39.2 Å². The van der Waals surface area contributed by atoms with E-state index in [4.69, 9.17) is 4.74 Å². The minimum Gasteiger partial charge on any atom is -0.376 e. The predicted octanol–water partition coefficient (Wildman–Crippen LogP) is 2.67. The molecular weight excluding hydrogens is 278 g/mol. The second kappa shape index (κ2) is 6.48. The Balaban J connectivity index is 1.77. The highest BCUT2D eigenvalue weighted by Crippen LogP contribution is 2.19. The van der Waals surface area contributed by atoms with E-state index in [1.807, 2.05) is 30.2 Å². The van der Waals surface area contributed by atoms with Crippen molar-refractivity contribution in [3.8, 4) is 0 Å². The van der Waals surface area contributed by atoms with E-state index in [0.717, 1.165) is 43.5 Å². The number of nitrogens with zero attached hydrogens (tertiary/aromatic N) is 3. The molecule has 0 radical (unpaired) electrons. The standard InChI is InChI=1S/C17H23N3O2/c1-3-9-22-14-5-4-8-19(12-14)17(21)15-10-18-20-11-13(2)6-7-16(15)20/h6-7,10-11,14H,3-5,8-9,12H2,1-2H3. The third kappa shape index (κ3) is 2.99. The lowest BCUT2D eigenvalue weighted by atomic mass is 10.1. The van der Waals surface area contributed by atoms with Gasteiger partial charge in [-0.15, -0.1) is 0 Å². The van der Waals surface area contributed by atoms with Crippen LogP contribution in [0.3, 0.4) is 0 Å². The Bertz CT molecular complexity index is 665. The van der Waals surface area contributed by atoms with Gasteiger partial charge in [0.15, 0.2) is 0 Å². The molecule has 1 unspecified atom stereocenters. The van der Waals surface area contributed by atoms with Crippen molar-refractivity contribution in [3.63, 3.8) is 0 Å². The van der Waals surface area contributed by atoms with Crippen LogP contribution in [0.4, 0.5) is 0 Å². The molecule has 5 heteroatoms. The molecule has 0 saturated carbocycles. The Labute approximate surface area is 130 Å². The van der Waals surface area contributed by atoms with Gasteiger partial charge in [0.2, 0.25) is 0 Å². The van der Waals surface area contributed by atoms with Gasteiger partial charge in [-0.2, -0.15) is 5.10 Å². The Kier molecular flexibility index (Phi) is 4.43. The summed E-state index contributed by atoms with van der Waals surface area (Å²) in [7, 11) is 0. The van der Waals surface area contributed by atoms with Gasteiger partial charge in [0.05, 0.1) is 23.4 Å². The average molecular weight is 301 g/mol. The van der Waals surface area contributed by atoms with Crippen LogP contribution in [0.5, 0.6) is 0 Å². The third-order valence-corrected chi connectivity index (χ3v) is 4.12. The quantitative estimate of drug-likeness (QED) is 0.872. The molecule has 1 saturated heterocycles. The molecule has 1 atom stereocenters. The topological polar surface area (TPSA) is 46.8 Å². The molecule has 2 aromatic heterocycles. The zero-order valence-electron chi connectivity index (χ0n) is 13.3. The van der Waals surface area contributed by atoms with Crippen LogP contribution in [0.2, 0.25) is 0 Å². The normalized spacial score (nSPS) is 18.8. The first-order chi connectivity index (χ1) is 10.7. The van der Waals surface area contributed by atoms with E-state index >= 15 is 0 Å². The van der Waals surface area contributed by atoms with Gasteiger partial charge in [-0.25, -0.2) is 4.52 Å². The first-order valence-electron chi connectivity index (χ1n) is 8.04. The minimum absolute atomic E-state index is 0.0589. The molecule has 1 fully saturated rings. The van der Waals surface area contributed by atoms with Crippen molar-refractivity contribution < 1.29 is 9.53 Å². The molecule has 2 aromatic rings. The molecule has 3 heterocycles. The maximum absolute atomic E-state index is 12.8. The minimum atomic E-state index is 0.0589. The van der Waals surface area contributed by atoms with Crippen molar-refractivity contribution >= 4 is 11.4 Å². The number of fused-ring (bicyclic) bond motifs is 1. The summed E-state index contributed by atoms with van der Waals surface area (Å²) in [6.07, 6.45) is 6.83. The fourth-order valence-electron chi connectivity index (χ4n) is 2.97. The summed E-state index contributed by atoms with van der Waals surface area (Å²) in [5.74, 6) is 0.0589. The highest BCUT2D eigenvalue weighted by Gasteiger charge is 2.26. The van der Waals surface area contributed by atoms with Gasteiger partial charge in [-0.1, -0.05) is 13.0 Å². The van der Waals surface area contributed by atoms with Crippen molar-refractivity contribution in [2.24, 2.45) is 0 Å². The third-order valence-electron chi connectivity index (χ3n) is 4.12. The van der Waals surface area contributed by atoms with Gasteiger partial charge in [0.1, 0.15) is 0 Å². The molecule has 1 amide bonds. The second-order valence-electron chi connectivity index (χ2n) is 5.98. The lowest BCUT2D eigenvalue weighted by molar-refractivity contribution is 0.00217. The summed E-state index contributed by atoms with van der Waals surface area (Å²) >= 11 is 0. The molecular formula is C17H23N3O2. The maximum atomic E-state index is 12.8. The van der Waals surface area contributed by atoms with Gasteiger partial charge in [-0.05, 0) is 37.8 Å². The van der Waals surface area contributed by atoms with Crippen molar-refractivity contribution in [1.82, 2.24) is 14.5 Å². The fraction of sp³-hybridized carbons (Fsp3) is 0.529. The lowest BCUT2D eigenvalue weighted by Gasteiger charge is -2.32. The number of ether oxygens (including phenoxy) is 1. The molecule has 0 bridgehead atoms. The zero-order chi connectivity index (χ0) is 15.5. The lowest BCUT2D eigenvalue weighted by Crippen LogP contribution is -2.43. The van der Waals surface area contributed by atoms with Crippen molar-refractivity contribution in [3.05, 3.63) is 35.7 Å². The van der Waals surface area contributed by atoms with Crippen LogP contribution in [-0.4, -0.2) is 46.2 Å². The van der Waals surface area contributed by atoms with Gasteiger partial charge in [0.25, 0.3) is 5.91 Å². The van der Waals surface area contributed by atoms with Gasteiger partial charge >= 0.3 is 0 Å². The number of hydrogen-bond acceptors (Lipinski definition) is 3. The van der Waals surface area contributed by atoms with Crippen LogP contribution in [-0.2, 0) is 4.74 Å². The second-order valence-corrected chi connectivity index (χ2v) is 5.98. The molecule has 0 aliphatic carbocycles. The number of aryl methyl sites for hydroxylation is 1. The van der Waals surface area contributed by atoms with E-state index in [9.17, 15) is 4.79 Å². The molecule has 3 rings (SSSR count). The molecule has 5 nitrogen and oxygen atoms in total. The smallest absolute Gasteiger partial charge is 0.257 e. The Morgan fingerprint density at radius 3 is 3.14 bits per heavy atom. The zero-order valence-corrected chi connectivity index (χ0v) is 13.3. The summed E-state index contributed by atoms with van der Waals surface area (Å²) in [5, 5.41) is 4.30. The summed E-state index contributed by atoms with van der Waals surface area (Å²) in [4.78, 5) is 14.7. The van der Waals surface area contributed by atoms with Crippen LogP contribution in [0, 0.1) is 6.92 Å². The van der Waals surface area contributed by atoms with E-state index in [-0.39, 0.29) is 12.0 Å². The van der Waals surface area contributed by atoms with Crippen LogP contribution in [0.15, 0.2) is 24.5 Å². The number of amides is 1. The van der Waals surface area contributed by atoms with Crippen LogP contribution < -0.4 is 0 Å². The Morgan fingerprint density at radius 1 is 1.45 bits per heavy atom. The fourth-order valence-corrected chi connectivity index (χ4v) is 2.97. The maximum Gasteiger partial charge on any atom is 0.257 e. The van der Waals surface area contributed by atoms with Crippen LogP contribution >= 0.6 is 0 Å². The van der Waals surface area contributed by atoms with E-state index in [1.54, 1.807) is 10.7 Å². The number of carbonyl (C=O) groups is 1. The first kappa shape index (κ1) is 15.0. The summed E-state index contributed by atoms with van der Waals surface area (Å²) in [6, 6.07) is 3.97. The number of pyridine rings is 1. The summed E-state index contributed by atoms with van der Waals surface area (Å²) in [5.41, 5.74) is 2.67. The number of likely N-dealkylation sites (tertiary alicyclic amines) is 1. The summed E-state index contributed by atoms with van der Waals surface area (Å²) < 4.78 is 7.59. The van der Waals surface area contributed by atoms with Crippen LogP contribution in [0.25, 0.3) is 5.52 Å². The van der Waals surface area contributed by atoms with E-state index < -0.39 is 0 Å². The summed E-state index contributed by atoms with van der Waals surface area (Å²) in [6.45, 7) is 6.37. The predicted molar refractivity (Wildman–Crippen MR) is 85.1 cm³/mol. The number of rotatable bonds is 4. The SMILES string of the molecule is CCCOC1CCCN(C(=O)c2cnn3cc(C)ccc23)C1. The first-order valence-corrected chi connectivity index (χ1v) is 8.04. The van der Waals surface area contributed by atoms with Crippen molar-refractivity contribution in [2.75, 3.05) is 19.7 Å².